The summed E-state index contributed by atoms with van der Waals surface area (Å²) in [6, 6.07) is 8.00. The van der Waals surface area contributed by atoms with Gasteiger partial charge in [0.2, 0.25) is 0 Å². The highest BCUT2D eigenvalue weighted by Crippen LogP contribution is 2.38. The van der Waals surface area contributed by atoms with E-state index < -0.39 is 0 Å². The molecule has 0 atom stereocenters. The topological polar surface area (TPSA) is 44.8 Å². The first-order chi connectivity index (χ1) is 11.2. The Kier molecular flexibility index (Phi) is 5.68. The van der Waals surface area contributed by atoms with E-state index in [1.54, 1.807) is 0 Å². The van der Waals surface area contributed by atoms with Crippen molar-refractivity contribution in [3.05, 3.63) is 29.8 Å². The molecule has 0 bridgehead atoms. The van der Waals surface area contributed by atoms with E-state index in [9.17, 15) is 4.79 Å². The summed E-state index contributed by atoms with van der Waals surface area (Å²) < 4.78 is 16.1. The zero-order valence-electron chi connectivity index (χ0n) is 13.8. The molecule has 0 N–H and O–H groups in total. The SMILES string of the molecule is CC(=O)Oc1ccc(C2CCC(CCC3OCCO3)CC2)cc1. The molecule has 1 saturated heterocycles. The van der Waals surface area contributed by atoms with Crippen LogP contribution in [0.15, 0.2) is 24.3 Å². The van der Waals surface area contributed by atoms with Gasteiger partial charge >= 0.3 is 5.97 Å². The molecule has 1 aliphatic carbocycles. The van der Waals surface area contributed by atoms with Crippen molar-refractivity contribution in [3.63, 3.8) is 0 Å². The van der Waals surface area contributed by atoms with Crippen LogP contribution in [0.4, 0.5) is 0 Å². The van der Waals surface area contributed by atoms with Crippen LogP contribution in [0.1, 0.15) is 56.9 Å². The number of esters is 1. The van der Waals surface area contributed by atoms with Crippen molar-refractivity contribution < 1.29 is 19.0 Å². The van der Waals surface area contributed by atoms with Crippen molar-refractivity contribution in [1.82, 2.24) is 0 Å². The van der Waals surface area contributed by atoms with Gasteiger partial charge in [-0.15, -0.1) is 0 Å². The molecular weight excluding hydrogens is 292 g/mol. The van der Waals surface area contributed by atoms with Crippen molar-refractivity contribution in [2.45, 2.75) is 57.7 Å². The second-order valence-corrected chi connectivity index (χ2v) is 6.63. The minimum atomic E-state index is -0.270. The van der Waals surface area contributed by atoms with Gasteiger partial charge in [0.15, 0.2) is 6.29 Å². The van der Waals surface area contributed by atoms with Gasteiger partial charge < -0.3 is 14.2 Å². The molecule has 0 radical (unpaired) electrons. The standard InChI is InChI=1S/C19H26O4/c1-14(20)23-18-9-7-17(8-10-18)16-5-2-15(3-6-16)4-11-19-21-12-13-22-19/h7-10,15-16,19H,2-6,11-13H2,1H3. The predicted molar refractivity (Wildman–Crippen MR) is 87.4 cm³/mol. The highest BCUT2D eigenvalue weighted by atomic mass is 16.7. The summed E-state index contributed by atoms with van der Waals surface area (Å²) in [5, 5.41) is 0. The van der Waals surface area contributed by atoms with Gasteiger partial charge in [0.25, 0.3) is 0 Å². The molecule has 126 valence electrons. The number of hydrogen-bond acceptors (Lipinski definition) is 4. The first-order valence-electron chi connectivity index (χ1n) is 8.72. The summed E-state index contributed by atoms with van der Waals surface area (Å²) in [5.41, 5.74) is 1.36. The van der Waals surface area contributed by atoms with E-state index in [2.05, 4.69) is 12.1 Å². The smallest absolute Gasteiger partial charge is 0.308 e. The van der Waals surface area contributed by atoms with Gasteiger partial charge in [-0.3, -0.25) is 4.79 Å². The average molecular weight is 318 g/mol. The summed E-state index contributed by atoms with van der Waals surface area (Å²) in [5.74, 6) is 1.80. The van der Waals surface area contributed by atoms with Gasteiger partial charge in [-0.1, -0.05) is 12.1 Å². The van der Waals surface area contributed by atoms with Crippen molar-refractivity contribution >= 4 is 5.97 Å². The van der Waals surface area contributed by atoms with Gasteiger partial charge in [0, 0.05) is 6.92 Å². The Hall–Kier alpha value is -1.39. The van der Waals surface area contributed by atoms with Crippen LogP contribution in [0, 0.1) is 5.92 Å². The van der Waals surface area contributed by atoms with Crippen molar-refractivity contribution in [2.24, 2.45) is 5.92 Å². The van der Waals surface area contributed by atoms with E-state index in [4.69, 9.17) is 14.2 Å². The van der Waals surface area contributed by atoms with Crippen LogP contribution in [0.25, 0.3) is 0 Å². The molecular formula is C19H26O4. The molecule has 0 amide bonds. The minimum absolute atomic E-state index is 0.0431. The molecule has 4 heteroatoms. The van der Waals surface area contributed by atoms with Crippen LogP contribution in [0.2, 0.25) is 0 Å². The van der Waals surface area contributed by atoms with Gasteiger partial charge in [-0.25, -0.2) is 0 Å². The summed E-state index contributed by atoms with van der Waals surface area (Å²) >= 11 is 0. The lowest BCUT2D eigenvalue weighted by atomic mass is 9.77. The number of carbonyl (C=O) groups is 1. The predicted octanol–water partition coefficient (Wildman–Crippen LogP) is 4.04. The Morgan fingerprint density at radius 2 is 1.70 bits per heavy atom. The number of benzene rings is 1. The molecule has 1 aromatic carbocycles. The van der Waals surface area contributed by atoms with Gasteiger partial charge in [-0.2, -0.15) is 0 Å². The maximum absolute atomic E-state index is 11.0. The number of carbonyl (C=O) groups excluding carboxylic acids is 1. The quantitative estimate of drug-likeness (QED) is 0.607. The van der Waals surface area contributed by atoms with Gasteiger partial charge in [-0.05, 0) is 68.1 Å². The zero-order chi connectivity index (χ0) is 16.1. The molecule has 3 rings (SSSR count). The highest BCUT2D eigenvalue weighted by Gasteiger charge is 2.24. The van der Waals surface area contributed by atoms with E-state index in [0.717, 1.165) is 25.6 Å². The normalized spacial score (nSPS) is 25.4. The van der Waals surface area contributed by atoms with Crippen LogP contribution in [-0.4, -0.2) is 25.5 Å². The lowest BCUT2D eigenvalue weighted by Crippen LogP contribution is -2.16. The Balaban J connectivity index is 1.43. The van der Waals surface area contributed by atoms with Crippen LogP contribution in [-0.2, 0) is 14.3 Å². The largest absolute Gasteiger partial charge is 0.427 e. The maximum atomic E-state index is 11.0. The Morgan fingerprint density at radius 3 is 2.30 bits per heavy atom. The third-order valence-electron chi connectivity index (χ3n) is 4.96. The number of rotatable bonds is 5. The fourth-order valence-electron chi connectivity index (χ4n) is 3.70. The summed E-state index contributed by atoms with van der Waals surface area (Å²) in [6.07, 6.45) is 7.33. The van der Waals surface area contributed by atoms with Crippen molar-refractivity contribution in [2.75, 3.05) is 13.2 Å². The third-order valence-corrected chi connectivity index (χ3v) is 4.96. The molecule has 23 heavy (non-hydrogen) atoms. The molecule has 0 spiro atoms. The first kappa shape index (κ1) is 16.5. The Bertz CT molecular complexity index is 497. The van der Waals surface area contributed by atoms with Gasteiger partial charge in [0.05, 0.1) is 13.2 Å². The zero-order valence-corrected chi connectivity index (χ0v) is 13.8. The maximum Gasteiger partial charge on any atom is 0.308 e. The molecule has 1 aromatic rings. The number of hydrogen-bond donors (Lipinski definition) is 0. The second kappa shape index (κ2) is 7.93. The van der Waals surface area contributed by atoms with Crippen LogP contribution in [0.3, 0.4) is 0 Å². The second-order valence-electron chi connectivity index (χ2n) is 6.63. The fourth-order valence-corrected chi connectivity index (χ4v) is 3.70. The lowest BCUT2D eigenvalue weighted by molar-refractivity contribution is -0.131. The summed E-state index contributed by atoms with van der Waals surface area (Å²) in [6.45, 7) is 2.93. The van der Waals surface area contributed by atoms with Crippen molar-refractivity contribution in [1.29, 1.82) is 0 Å². The lowest BCUT2D eigenvalue weighted by Gasteiger charge is -2.29. The summed E-state index contributed by atoms with van der Waals surface area (Å²) in [7, 11) is 0. The molecule has 0 aromatic heterocycles. The molecule has 4 nitrogen and oxygen atoms in total. The van der Waals surface area contributed by atoms with E-state index in [1.807, 2.05) is 12.1 Å². The molecule has 1 heterocycles. The minimum Gasteiger partial charge on any atom is -0.427 e. The van der Waals surface area contributed by atoms with E-state index in [1.165, 1.54) is 44.6 Å². The molecule has 2 aliphatic rings. The van der Waals surface area contributed by atoms with E-state index in [-0.39, 0.29) is 12.3 Å². The first-order valence-corrected chi connectivity index (χ1v) is 8.72. The van der Waals surface area contributed by atoms with Crippen LogP contribution < -0.4 is 4.74 Å². The van der Waals surface area contributed by atoms with E-state index >= 15 is 0 Å². The van der Waals surface area contributed by atoms with E-state index in [0.29, 0.717) is 11.7 Å². The van der Waals surface area contributed by atoms with Crippen molar-refractivity contribution in [3.8, 4) is 5.75 Å². The third kappa shape index (κ3) is 4.79. The monoisotopic (exact) mass is 318 g/mol. The number of ether oxygens (including phenoxy) is 3. The van der Waals surface area contributed by atoms with Gasteiger partial charge in [0.1, 0.15) is 5.75 Å². The highest BCUT2D eigenvalue weighted by molar-refractivity contribution is 5.69. The van der Waals surface area contributed by atoms with Crippen LogP contribution >= 0.6 is 0 Å². The Labute approximate surface area is 138 Å². The molecule has 1 aliphatic heterocycles. The summed E-state index contributed by atoms with van der Waals surface area (Å²) in [4.78, 5) is 11.0. The molecule has 2 fully saturated rings. The van der Waals surface area contributed by atoms with Crippen LogP contribution in [0.5, 0.6) is 5.75 Å². The average Bonchev–Trinajstić information content (AvgIpc) is 3.07. The fraction of sp³-hybridized carbons (Fsp3) is 0.632. The molecule has 1 saturated carbocycles. The molecule has 0 unspecified atom stereocenters. The Morgan fingerprint density at radius 1 is 1.04 bits per heavy atom.